The van der Waals surface area contributed by atoms with Crippen molar-refractivity contribution in [3.8, 4) is 0 Å². The van der Waals surface area contributed by atoms with Gasteiger partial charge in [0.2, 0.25) is 0 Å². The molecule has 0 saturated heterocycles. The minimum absolute atomic E-state index is 0.0642. The first-order chi connectivity index (χ1) is 7.52. The summed E-state index contributed by atoms with van der Waals surface area (Å²) in [7, 11) is 0. The van der Waals surface area contributed by atoms with Gasteiger partial charge in [-0.25, -0.2) is 4.79 Å². The van der Waals surface area contributed by atoms with E-state index in [1.807, 2.05) is 0 Å². The summed E-state index contributed by atoms with van der Waals surface area (Å²) in [5, 5.41) is 8.53. The number of carboxylic acid groups (broad SMARTS) is 1. The molecule has 1 aromatic rings. The first-order valence-electron chi connectivity index (χ1n) is 4.70. The van der Waals surface area contributed by atoms with Crippen LogP contribution in [0.4, 0.5) is 0 Å². The molecule has 84 valence electrons. The van der Waals surface area contributed by atoms with Crippen LogP contribution in [-0.4, -0.2) is 21.7 Å². The maximum absolute atomic E-state index is 11.8. The summed E-state index contributed by atoms with van der Waals surface area (Å²) in [6.45, 7) is 1.74. The Kier molecular flexibility index (Phi) is 4.43. The minimum Gasteiger partial charge on any atom is -0.478 e. The number of rotatable bonds is 4. The number of carbonyl (C=O) groups excluding carboxylic acids is 1. The summed E-state index contributed by atoms with van der Waals surface area (Å²) in [6, 6.07) is 6.90. The number of ketones is 1. The van der Waals surface area contributed by atoms with Gasteiger partial charge in [-0.3, -0.25) is 4.79 Å². The van der Waals surface area contributed by atoms with E-state index in [0.29, 0.717) is 11.1 Å². The summed E-state index contributed by atoms with van der Waals surface area (Å²) in [6.07, 6.45) is 2.44. The van der Waals surface area contributed by atoms with E-state index < -0.39 is 5.97 Å². The molecule has 1 N–H and O–H groups in total. The van der Waals surface area contributed by atoms with Crippen LogP contribution < -0.4 is 0 Å². The van der Waals surface area contributed by atoms with Crippen molar-refractivity contribution in [1.29, 1.82) is 0 Å². The minimum atomic E-state index is -1.03. The highest BCUT2D eigenvalue weighted by atomic mass is 79.9. The molecule has 0 aliphatic heterocycles. The maximum Gasteiger partial charge on any atom is 0.328 e. The molecule has 4 heteroatoms. The summed E-state index contributed by atoms with van der Waals surface area (Å²) in [4.78, 5) is 21.9. The molecule has 0 amide bonds. The molecular formula is C12H11BrO3. The molecule has 1 unspecified atom stereocenters. The van der Waals surface area contributed by atoms with E-state index in [1.54, 1.807) is 31.2 Å². The van der Waals surface area contributed by atoms with E-state index in [2.05, 4.69) is 15.9 Å². The smallest absolute Gasteiger partial charge is 0.328 e. The quantitative estimate of drug-likeness (QED) is 0.525. The first kappa shape index (κ1) is 12.6. The number of aliphatic carboxylic acids is 1. The van der Waals surface area contributed by atoms with Crippen molar-refractivity contribution >= 4 is 33.8 Å². The van der Waals surface area contributed by atoms with Crippen molar-refractivity contribution in [2.45, 2.75) is 11.8 Å². The molecule has 0 aliphatic rings. The van der Waals surface area contributed by atoms with E-state index in [4.69, 9.17) is 5.11 Å². The fourth-order valence-corrected chi connectivity index (χ4v) is 1.49. The molecule has 1 atom stereocenters. The number of hydrogen-bond acceptors (Lipinski definition) is 2. The number of Topliss-reactive ketones (excluding diaryl/α,β-unsaturated/α-hetero) is 1. The van der Waals surface area contributed by atoms with Gasteiger partial charge in [-0.05, 0) is 18.6 Å². The van der Waals surface area contributed by atoms with Crippen LogP contribution in [0.5, 0.6) is 0 Å². The summed E-state index contributed by atoms with van der Waals surface area (Å²) >= 11 is 3.20. The van der Waals surface area contributed by atoms with Crippen LogP contribution >= 0.6 is 15.9 Å². The third-order valence-electron chi connectivity index (χ3n) is 1.99. The molecule has 1 rings (SSSR count). The van der Waals surface area contributed by atoms with Gasteiger partial charge in [-0.15, -0.1) is 0 Å². The van der Waals surface area contributed by atoms with Gasteiger partial charge < -0.3 is 5.11 Å². The fraction of sp³-hybridized carbons (Fsp3) is 0.167. The standard InChI is InChI=1S/C12H11BrO3/c1-8(13)12(16)10-5-3-2-4-9(10)6-7-11(14)15/h2-8H,1H3,(H,14,15). The fourth-order valence-electron chi connectivity index (χ4n) is 1.24. The van der Waals surface area contributed by atoms with Crippen LogP contribution in [-0.2, 0) is 4.79 Å². The van der Waals surface area contributed by atoms with Gasteiger partial charge in [0.15, 0.2) is 5.78 Å². The lowest BCUT2D eigenvalue weighted by atomic mass is 10.0. The van der Waals surface area contributed by atoms with Gasteiger partial charge in [0, 0.05) is 11.6 Å². The zero-order valence-corrected chi connectivity index (χ0v) is 10.3. The van der Waals surface area contributed by atoms with E-state index >= 15 is 0 Å². The third kappa shape index (κ3) is 3.31. The predicted molar refractivity (Wildman–Crippen MR) is 65.8 cm³/mol. The van der Waals surface area contributed by atoms with Crippen LogP contribution in [0.15, 0.2) is 30.3 Å². The van der Waals surface area contributed by atoms with Crippen molar-refractivity contribution in [2.24, 2.45) is 0 Å². The van der Waals surface area contributed by atoms with Crippen LogP contribution in [0.1, 0.15) is 22.8 Å². The number of carboxylic acids is 1. The molecule has 0 fully saturated rings. The number of alkyl halides is 1. The number of benzene rings is 1. The molecule has 16 heavy (non-hydrogen) atoms. The van der Waals surface area contributed by atoms with Crippen LogP contribution in [0.3, 0.4) is 0 Å². The Morgan fingerprint density at radius 3 is 2.56 bits per heavy atom. The Morgan fingerprint density at radius 2 is 2.00 bits per heavy atom. The van der Waals surface area contributed by atoms with Gasteiger partial charge in [0.1, 0.15) is 0 Å². The number of halogens is 1. The highest BCUT2D eigenvalue weighted by Gasteiger charge is 2.14. The third-order valence-corrected chi connectivity index (χ3v) is 2.41. The van der Waals surface area contributed by atoms with Gasteiger partial charge in [0.05, 0.1) is 4.83 Å². The predicted octanol–water partition coefficient (Wildman–Crippen LogP) is 2.75. The number of carbonyl (C=O) groups is 2. The van der Waals surface area contributed by atoms with Crippen LogP contribution in [0, 0.1) is 0 Å². The molecule has 1 aromatic carbocycles. The molecule has 0 aliphatic carbocycles. The second kappa shape index (κ2) is 5.61. The van der Waals surface area contributed by atoms with Crippen LogP contribution in [0.25, 0.3) is 6.08 Å². The van der Waals surface area contributed by atoms with Crippen molar-refractivity contribution in [3.63, 3.8) is 0 Å². The average Bonchev–Trinajstić information content (AvgIpc) is 2.25. The molecular weight excluding hydrogens is 272 g/mol. The van der Waals surface area contributed by atoms with Gasteiger partial charge in [-0.1, -0.05) is 40.2 Å². The van der Waals surface area contributed by atoms with Crippen molar-refractivity contribution < 1.29 is 14.7 Å². The average molecular weight is 283 g/mol. The zero-order valence-electron chi connectivity index (χ0n) is 8.68. The Bertz CT molecular complexity index is 436. The molecule has 0 radical (unpaired) electrons. The van der Waals surface area contributed by atoms with Gasteiger partial charge in [-0.2, -0.15) is 0 Å². The largest absolute Gasteiger partial charge is 0.478 e. The van der Waals surface area contributed by atoms with Gasteiger partial charge >= 0.3 is 5.97 Å². The molecule has 3 nitrogen and oxygen atoms in total. The van der Waals surface area contributed by atoms with Crippen LogP contribution in [0.2, 0.25) is 0 Å². The second-order valence-corrected chi connectivity index (χ2v) is 4.61. The lowest BCUT2D eigenvalue weighted by molar-refractivity contribution is -0.131. The Hall–Kier alpha value is -1.42. The molecule has 0 heterocycles. The van der Waals surface area contributed by atoms with E-state index in [1.165, 1.54) is 6.08 Å². The van der Waals surface area contributed by atoms with E-state index in [-0.39, 0.29) is 10.6 Å². The summed E-state index contributed by atoms with van der Waals surface area (Å²) < 4.78 is 0. The molecule has 0 spiro atoms. The van der Waals surface area contributed by atoms with E-state index in [9.17, 15) is 9.59 Å². The first-order valence-corrected chi connectivity index (χ1v) is 5.62. The number of hydrogen-bond donors (Lipinski definition) is 1. The normalized spacial score (nSPS) is 12.6. The Labute approximate surface area is 102 Å². The zero-order chi connectivity index (χ0) is 12.1. The second-order valence-electron chi connectivity index (χ2n) is 3.24. The highest BCUT2D eigenvalue weighted by molar-refractivity contribution is 9.10. The van der Waals surface area contributed by atoms with Crippen molar-refractivity contribution in [2.75, 3.05) is 0 Å². The van der Waals surface area contributed by atoms with Gasteiger partial charge in [0.25, 0.3) is 0 Å². The molecule has 0 saturated carbocycles. The Morgan fingerprint density at radius 1 is 1.38 bits per heavy atom. The van der Waals surface area contributed by atoms with Crippen molar-refractivity contribution in [1.82, 2.24) is 0 Å². The highest BCUT2D eigenvalue weighted by Crippen LogP contribution is 2.16. The summed E-state index contributed by atoms with van der Waals surface area (Å²) in [5.74, 6) is -1.10. The van der Waals surface area contributed by atoms with E-state index in [0.717, 1.165) is 6.08 Å². The molecule has 0 bridgehead atoms. The maximum atomic E-state index is 11.8. The monoisotopic (exact) mass is 282 g/mol. The lowest BCUT2D eigenvalue weighted by Crippen LogP contribution is -2.11. The summed E-state index contributed by atoms with van der Waals surface area (Å²) in [5.41, 5.74) is 1.13. The topological polar surface area (TPSA) is 54.4 Å². The van der Waals surface area contributed by atoms with Crippen molar-refractivity contribution in [3.05, 3.63) is 41.5 Å². The Balaban J connectivity index is 3.10. The lowest BCUT2D eigenvalue weighted by Gasteiger charge is -2.06. The SMILES string of the molecule is CC(Br)C(=O)c1ccccc1C=CC(=O)O. The molecule has 0 aromatic heterocycles.